The van der Waals surface area contributed by atoms with E-state index in [2.05, 4.69) is 12.2 Å². The summed E-state index contributed by atoms with van der Waals surface area (Å²) in [5, 5.41) is 3.04. The van der Waals surface area contributed by atoms with Gasteiger partial charge >= 0.3 is 0 Å². The van der Waals surface area contributed by atoms with Gasteiger partial charge in [-0.2, -0.15) is 0 Å². The van der Waals surface area contributed by atoms with E-state index >= 15 is 0 Å². The standard InChI is InChI=1S/C9H20N2O/c1-4-7-11(8-6-10-3)9(12)5-2/h10H,4-8H2,1-3H3. The molecule has 1 amide bonds. The quantitative estimate of drug-likeness (QED) is 0.644. The molecule has 0 saturated carbocycles. The van der Waals surface area contributed by atoms with E-state index in [1.165, 1.54) is 0 Å². The molecule has 0 spiro atoms. The van der Waals surface area contributed by atoms with Gasteiger partial charge in [-0.3, -0.25) is 4.79 Å². The summed E-state index contributed by atoms with van der Waals surface area (Å²) in [4.78, 5) is 13.2. The number of hydrogen-bond acceptors (Lipinski definition) is 2. The zero-order valence-electron chi connectivity index (χ0n) is 8.39. The van der Waals surface area contributed by atoms with Crippen LogP contribution in [0.4, 0.5) is 0 Å². The molecule has 0 radical (unpaired) electrons. The summed E-state index contributed by atoms with van der Waals surface area (Å²) in [5.41, 5.74) is 0. The van der Waals surface area contributed by atoms with E-state index in [0.29, 0.717) is 6.42 Å². The van der Waals surface area contributed by atoms with Crippen molar-refractivity contribution in [2.24, 2.45) is 0 Å². The molecule has 0 heterocycles. The molecule has 3 heteroatoms. The maximum absolute atomic E-state index is 11.3. The highest BCUT2D eigenvalue weighted by Crippen LogP contribution is 1.94. The van der Waals surface area contributed by atoms with Gasteiger partial charge in [-0.15, -0.1) is 0 Å². The molecule has 0 bridgehead atoms. The molecule has 0 aromatic carbocycles. The number of likely N-dealkylation sites (N-methyl/N-ethyl adjacent to an activating group) is 1. The number of nitrogens with zero attached hydrogens (tertiary/aromatic N) is 1. The molecule has 0 aliphatic rings. The molecule has 0 rings (SSSR count). The minimum atomic E-state index is 0.257. The third-order valence-corrected chi connectivity index (χ3v) is 1.78. The van der Waals surface area contributed by atoms with Crippen molar-refractivity contribution in [2.75, 3.05) is 26.7 Å². The molecule has 3 nitrogen and oxygen atoms in total. The van der Waals surface area contributed by atoms with Crippen molar-refractivity contribution in [2.45, 2.75) is 26.7 Å². The average molecular weight is 172 g/mol. The van der Waals surface area contributed by atoms with Gasteiger partial charge in [0, 0.05) is 26.1 Å². The van der Waals surface area contributed by atoms with Crippen molar-refractivity contribution in [3.05, 3.63) is 0 Å². The summed E-state index contributed by atoms with van der Waals surface area (Å²) >= 11 is 0. The first kappa shape index (κ1) is 11.4. The molecule has 0 saturated heterocycles. The van der Waals surface area contributed by atoms with Crippen LogP contribution in [0.25, 0.3) is 0 Å². The topological polar surface area (TPSA) is 32.3 Å². The van der Waals surface area contributed by atoms with E-state index in [-0.39, 0.29) is 5.91 Å². The fourth-order valence-electron chi connectivity index (χ4n) is 1.10. The monoisotopic (exact) mass is 172 g/mol. The van der Waals surface area contributed by atoms with Gasteiger partial charge in [-0.25, -0.2) is 0 Å². The Bertz CT molecular complexity index is 126. The second kappa shape index (κ2) is 7.10. The molecule has 0 aliphatic heterocycles. The highest BCUT2D eigenvalue weighted by Gasteiger charge is 2.08. The second-order valence-electron chi connectivity index (χ2n) is 2.84. The Morgan fingerprint density at radius 3 is 2.42 bits per heavy atom. The molecule has 0 aliphatic carbocycles. The first-order chi connectivity index (χ1) is 5.76. The zero-order valence-corrected chi connectivity index (χ0v) is 8.39. The van der Waals surface area contributed by atoms with Gasteiger partial charge < -0.3 is 10.2 Å². The molecule has 0 fully saturated rings. The molecule has 0 aromatic rings. The van der Waals surface area contributed by atoms with Gasteiger partial charge in [0.05, 0.1) is 0 Å². The normalized spacial score (nSPS) is 9.92. The van der Waals surface area contributed by atoms with Crippen LogP contribution in [0.2, 0.25) is 0 Å². The summed E-state index contributed by atoms with van der Waals surface area (Å²) in [6.07, 6.45) is 1.65. The lowest BCUT2D eigenvalue weighted by Crippen LogP contribution is -2.36. The van der Waals surface area contributed by atoms with Crippen LogP contribution < -0.4 is 5.32 Å². The molecule has 1 N–H and O–H groups in total. The number of hydrogen-bond donors (Lipinski definition) is 1. The number of carbonyl (C=O) groups is 1. The van der Waals surface area contributed by atoms with Crippen LogP contribution >= 0.6 is 0 Å². The summed E-state index contributed by atoms with van der Waals surface area (Å²) in [6.45, 7) is 6.59. The Hall–Kier alpha value is -0.570. The number of amides is 1. The Balaban J connectivity index is 3.76. The average Bonchev–Trinajstić information content (AvgIpc) is 2.11. The van der Waals surface area contributed by atoms with E-state index in [9.17, 15) is 4.79 Å². The maximum Gasteiger partial charge on any atom is 0.222 e. The molecular formula is C9H20N2O. The van der Waals surface area contributed by atoms with E-state index in [1.54, 1.807) is 0 Å². The molecule has 72 valence electrons. The summed E-state index contributed by atoms with van der Waals surface area (Å²) in [6, 6.07) is 0. The second-order valence-corrected chi connectivity index (χ2v) is 2.84. The van der Waals surface area contributed by atoms with Crippen molar-refractivity contribution in [3.63, 3.8) is 0 Å². The fourth-order valence-corrected chi connectivity index (χ4v) is 1.10. The molecule has 0 aromatic heterocycles. The lowest BCUT2D eigenvalue weighted by molar-refractivity contribution is -0.130. The van der Waals surface area contributed by atoms with E-state index in [0.717, 1.165) is 26.1 Å². The third kappa shape index (κ3) is 4.34. The minimum absolute atomic E-state index is 0.257. The van der Waals surface area contributed by atoms with Gasteiger partial charge in [0.2, 0.25) is 5.91 Å². The van der Waals surface area contributed by atoms with Crippen molar-refractivity contribution in [3.8, 4) is 0 Å². The van der Waals surface area contributed by atoms with Crippen LogP contribution in [0, 0.1) is 0 Å². The van der Waals surface area contributed by atoms with Gasteiger partial charge in [-0.1, -0.05) is 13.8 Å². The fraction of sp³-hybridized carbons (Fsp3) is 0.889. The molecule has 12 heavy (non-hydrogen) atoms. The number of carbonyl (C=O) groups excluding carboxylic acids is 1. The van der Waals surface area contributed by atoms with Crippen molar-refractivity contribution < 1.29 is 4.79 Å². The predicted molar refractivity (Wildman–Crippen MR) is 51.1 cm³/mol. The lowest BCUT2D eigenvalue weighted by Gasteiger charge is -2.21. The largest absolute Gasteiger partial charge is 0.341 e. The van der Waals surface area contributed by atoms with Crippen molar-refractivity contribution >= 4 is 5.91 Å². The van der Waals surface area contributed by atoms with E-state index < -0.39 is 0 Å². The molecular weight excluding hydrogens is 152 g/mol. The highest BCUT2D eigenvalue weighted by atomic mass is 16.2. The van der Waals surface area contributed by atoms with Crippen LogP contribution in [-0.4, -0.2) is 37.5 Å². The predicted octanol–water partition coefficient (Wildman–Crippen LogP) is 0.854. The van der Waals surface area contributed by atoms with Crippen molar-refractivity contribution in [1.29, 1.82) is 0 Å². The zero-order chi connectivity index (χ0) is 9.40. The third-order valence-electron chi connectivity index (χ3n) is 1.78. The van der Waals surface area contributed by atoms with Crippen LogP contribution in [0.5, 0.6) is 0 Å². The first-order valence-electron chi connectivity index (χ1n) is 4.68. The van der Waals surface area contributed by atoms with Crippen LogP contribution in [0.15, 0.2) is 0 Å². The first-order valence-corrected chi connectivity index (χ1v) is 4.68. The van der Waals surface area contributed by atoms with Gasteiger partial charge in [0.15, 0.2) is 0 Å². The number of rotatable bonds is 6. The molecule has 0 atom stereocenters. The molecule has 0 unspecified atom stereocenters. The van der Waals surface area contributed by atoms with Gasteiger partial charge in [-0.05, 0) is 13.5 Å². The SMILES string of the molecule is CCCN(CCNC)C(=O)CC. The van der Waals surface area contributed by atoms with Gasteiger partial charge in [0.25, 0.3) is 0 Å². The van der Waals surface area contributed by atoms with E-state index in [1.807, 2.05) is 18.9 Å². The Kier molecular flexibility index (Phi) is 6.76. The van der Waals surface area contributed by atoms with E-state index in [4.69, 9.17) is 0 Å². The summed E-state index contributed by atoms with van der Waals surface area (Å²) in [5.74, 6) is 0.257. The summed E-state index contributed by atoms with van der Waals surface area (Å²) in [7, 11) is 1.90. The van der Waals surface area contributed by atoms with Gasteiger partial charge in [0.1, 0.15) is 0 Å². The Labute approximate surface area is 75.1 Å². The smallest absolute Gasteiger partial charge is 0.222 e. The lowest BCUT2D eigenvalue weighted by atomic mass is 10.3. The van der Waals surface area contributed by atoms with Crippen molar-refractivity contribution in [1.82, 2.24) is 10.2 Å². The minimum Gasteiger partial charge on any atom is -0.341 e. The van der Waals surface area contributed by atoms with Crippen LogP contribution in [-0.2, 0) is 4.79 Å². The van der Waals surface area contributed by atoms with Crippen LogP contribution in [0.1, 0.15) is 26.7 Å². The Morgan fingerprint density at radius 1 is 1.33 bits per heavy atom. The Morgan fingerprint density at radius 2 is 2.00 bits per heavy atom. The summed E-state index contributed by atoms with van der Waals surface area (Å²) < 4.78 is 0. The highest BCUT2D eigenvalue weighted by molar-refractivity contribution is 5.75. The maximum atomic E-state index is 11.3. The van der Waals surface area contributed by atoms with Crippen LogP contribution in [0.3, 0.4) is 0 Å². The number of nitrogens with one attached hydrogen (secondary N) is 1.